The van der Waals surface area contributed by atoms with Gasteiger partial charge in [0.05, 0.1) is 29.4 Å². The standard InChI is InChI=1S/C20H14BrFN6OS2/c21-10-4-5-11(13(22)8-10)16-12(9-24)18(25)28(14-2-1-3-15(29)17(14)16)19-26-27-20(31-19)30-7-6-23/h4-5,8,16H,1-3,7,25H2. The minimum atomic E-state index is -0.877. The fraction of sp³-hybridized carbons (Fsp3) is 0.250. The number of aromatic nitrogens is 2. The number of thioether (sulfide) groups is 1. The van der Waals surface area contributed by atoms with Crippen molar-refractivity contribution in [1.82, 2.24) is 10.2 Å². The van der Waals surface area contributed by atoms with E-state index in [9.17, 15) is 14.4 Å². The summed E-state index contributed by atoms with van der Waals surface area (Å²) in [6.07, 6.45) is 1.47. The van der Waals surface area contributed by atoms with Crippen LogP contribution in [0.15, 0.2) is 49.7 Å². The second kappa shape index (κ2) is 8.79. The van der Waals surface area contributed by atoms with Crippen molar-refractivity contribution in [2.24, 2.45) is 5.73 Å². The van der Waals surface area contributed by atoms with Gasteiger partial charge in [0.2, 0.25) is 5.13 Å². The van der Waals surface area contributed by atoms with Crippen LogP contribution in [0.3, 0.4) is 0 Å². The zero-order valence-corrected chi connectivity index (χ0v) is 19.2. The van der Waals surface area contributed by atoms with E-state index >= 15 is 0 Å². The zero-order valence-electron chi connectivity index (χ0n) is 15.9. The number of nitrogens with zero attached hydrogens (tertiary/aromatic N) is 5. The Hall–Kier alpha value is -2.73. The molecule has 1 atom stereocenters. The molecule has 4 rings (SSSR count). The first-order chi connectivity index (χ1) is 15.0. The molecule has 2 heterocycles. The summed E-state index contributed by atoms with van der Waals surface area (Å²) < 4.78 is 16.0. The number of carbonyl (C=O) groups is 1. The summed E-state index contributed by atoms with van der Waals surface area (Å²) >= 11 is 5.70. The van der Waals surface area contributed by atoms with Crippen LogP contribution in [0.25, 0.3) is 0 Å². The molecule has 156 valence electrons. The van der Waals surface area contributed by atoms with Crippen molar-refractivity contribution in [2.75, 3.05) is 10.7 Å². The third-order valence-electron chi connectivity index (χ3n) is 5.03. The van der Waals surface area contributed by atoms with Crippen molar-refractivity contribution in [3.05, 3.63) is 56.7 Å². The molecular formula is C20H14BrFN6OS2. The monoisotopic (exact) mass is 516 g/mol. The molecular weight excluding hydrogens is 503 g/mol. The van der Waals surface area contributed by atoms with Crippen LogP contribution in [0, 0.1) is 28.5 Å². The third-order valence-corrected chi connectivity index (χ3v) is 7.44. The van der Waals surface area contributed by atoms with Crippen molar-refractivity contribution in [3.63, 3.8) is 0 Å². The molecule has 11 heteroatoms. The number of nitrogens with two attached hydrogens (primary N) is 1. The van der Waals surface area contributed by atoms with E-state index < -0.39 is 11.7 Å². The topological polar surface area (TPSA) is 120 Å². The van der Waals surface area contributed by atoms with E-state index in [4.69, 9.17) is 11.0 Å². The average molecular weight is 517 g/mol. The van der Waals surface area contributed by atoms with Gasteiger partial charge in [-0.2, -0.15) is 10.5 Å². The Bertz CT molecular complexity index is 1220. The van der Waals surface area contributed by atoms with Gasteiger partial charge in [-0.25, -0.2) is 4.39 Å². The third kappa shape index (κ3) is 3.85. The Morgan fingerprint density at radius 3 is 2.87 bits per heavy atom. The summed E-state index contributed by atoms with van der Waals surface area (Å²) in [7, 11) is 0. The van der Waals surface area contributed by atoms with Gasteiger partial charge in [0.15, 0.2) is 10.1 Å². The van der Waals surface area contributed by atoms with Crippen molar-refractivity contribution < 1.29 is 9.18 Å². The fourth-order valence-corrected chi connectivity index (χ4v) is 5.67. The number of anilines is 1. The predicted molar refractivity (Wildman–Crippen MR) is 118 cm³/mol. The van der Waals surface area contributed by atoms with Crippen LogP contribution in [0.5, 0.6) is 0 Å². The maximum Gasteiger partial charge on any atom is 0.219 e. The molecule has 0 fully saturated rings. The first-order valence-electron chi connectivity index (χ1n) is 9.20. The number of Topliss-reactive ketones (excluding diaryl/α,β-unsaturated/α-hetero) is 1. The molecule has 2 N–H and O–H groups in total. The van der Waals surface area contributed by atoms with E-state index in [0.29, 0.717) is 44.5 Å². The van der Waals surface area contributed by atoms with Crippen LogP contribution in [-0.2, 0) is 4.79 Å². The molecule has 1 unspecified atom stereocenters. The van der Waals surface area contributed by atoms with Crippen molar-refractivity contribution in [3.8, 4) is 12.1 Å². The van der Waals surface area contributed by atoms with Gasteiger partial charge in [0.25, 0.3) is 0 Å². The van der Waals surface area contributed by atoms with Crippen LogP contribution >= 0.6 is 39.0 Å². The summed E-state index contributed by atoms with van der Waals surface area (Å²) in [5.74, 6) is -1.21. The Labute approximate surface area is 194 Å². The Kier molecular flexibility index (Phi) is 6.10. The van der Waals surface area contributed by atoms with Gasteiger partial charge in [0, 0.05) is 27.7 Å². The van der Waals surface area contributed by atoms with Gasteiger partial charge in [-0.3, -0.25) is 9.69 Å². The number of carbonyl (C=O) groups excluding carboxylic acids is 1. The molecule has 0 saturated heterocycles. The molecule has 0 amide bonds. The fourth-order valence-electron chi connectivity index (χ4n) is 3.80. The molecule has 0 saturated carbocycles. The molecule has 0 bridgehead atoms. The lowest BCUT2D eigenvalue weighted by Crippen LogP contribution is -2.38. The number of halogens is 2. The highest BCUT2D eigenvalue weighted by molar-refractivity contribution is 9.10. The maximum absolute atomic E-state index is 14.9. The van der Waals surface area contributed by atoms with E-state index in [1.165, 1.54) is 29.2 Å². The smallest absolute Gasteiger partial charge is 0.219 e. The van der Waals surface area contributed by atoms with Gasteiger partial charge < -0.3 is 5.73 Å². The predicted octanol–water partition coefficient (Wildman–Crippen LogP) is 4.36. The Morgan fingerprint density at radius 1 is 1.35 bits per heavy atom. The molecule has 2 aliphatic rings. The lowest BCUT2D eigenvalue weighted by atomic mass is 9.75. The summed E-state index contributed by atoms with van der Waals surface area (Å²) in [5.41, 5.74) is 7.74. The average Bonchev–Trinajstić information content (AvgIpc) is 3.20. The molecule has 1 aliphatic heterocycles. The second-order valence-corrected chi connectivity index (χ2v) is 9.87. The van der Waals surface area contributed by atoms with Gasteiger partial charge in [-0.15, -0.1) is 10.2 Å². The molecule has 0 spiro atoms. The number of hydrogen-bond donors (Lipinski definition) is 1. The van der Waals surface area contributed by atoms with Crippen LogP contribution in [-0.4, -0.2) is 21.7 Å². The number of allylic oxidation sites excluding steroid dienone is 3. The first kappa shape index (κ1) is 21.5. The number of hydrogen-bond acceptors (Lipinski definition) is 9. The van der Waals surface area contributed by atoms with Crippen molar-refractivity contribution in [1.29, 1.82) is 10.5 Å². The van der Waals surface area contributed by atoms with Gasteiger partial charge in [-0.05, 0) is 25.0 Å². The highest BCUT2D eigenvalue weighted by atomic mass is 79.9. The molecule has 1 aliphatic carbocycles. The van der Waals surface area contributed by atoms with Crippen LogP contribution < -0.4 is 10.6 Å². The van der Waals surface area contributed by atoms with E-state index in [2.05, 4.69) is 32.2 Å². The summed E-state index contributed by atoms with van der Waals surface area (Å²) in [4.78, 5) is 14.6. The van der Waals surface area contributed by atoms with E-state index in [0.717, 1.165) is 0 Å². The summed E-state index contributed by atoms with van der Waals surface area (Å²) in [5, 5.41) is 27.4. The summed E-state index contributed by atoms with van der Waals surface area (Å²) in [6.45, 7) is 0. The van der Waals surface area contributed by atoms with Crippen molar-refractivity contribution >= 4 is 49.9 Å². The minimum absolute atomic E-state index is 0.0941. The lowest BCUT2D eigenvalue weighted by molar-refractivity contribution is -0.116. The quantitative estimate of drug-likeness (QED) is 0.595. The Morgan fingerprint density at radius 2 is 2.16 bits per heavy atom. The second-order valence-electron chi connectivity index (χ2n) is 6.78. The number of benzene rings is 1. The number of ketones is 1. The highest BCUT2D eigenvalue weighted by Crippen LogP contribution is 2.47. The highest BCUT2D eigenvalue weighted by Gasteiger charge is 2.42. The van der Waals surface area contributed by atoms with Gasteiger partial charge in [-0.1, -0.05) is 45.1 Å². The Balaban J connectivity index is 1.90. The summed E-state index contributed by atoms with van der Waals surface area (Å²) in [6, 6.07) is 8.68. The molecule has 2 aromatic rings. The van der Waals surface area contributed by atoms with E-state index in [-0.39, 0.29) is 28.5 Å². The molecule has 31 heavy (non-hydrogen) atoms. The van der Waals surface area contributed by atoms with Gasteiger partial charge in [0.1, 0.15) is 11.6 Å². The normalized spacial score (nSPS) is 18.6. The van der Waals surface area contributed by atoms with Gasteiger partial charge >= 0.3 is 0 Å². The molecule has 0 radical (unpaired) electrons. The lowest BCUT2D eigenvalue weighted by Gasteiger charge is -2.38. The molecule has 1 aromatic heterocycles. The largest absolute Gasteiger partial charge is 0.384 e. The van der Waals surface area contributed by atoms with E-state index in [1.807, 2.05) is 6.07 Å². The minimum Gasteiger partial charge on any atom is -0.384 e. The maximum atomic E-state index is 14.9. The molecule has 1 aromatic carbocycles. The SMILES string of the molecule is N#CCSc1nnc(N2C(N)=C(C#N)C(c3ccc(Br)cc3F)C3=C2CCCC3=O)s1. The van der Waals surface area contributed by atoms with E-state index in [1.54, 1.807) is 17.0 Å². The van der Waals surface area contributed by atoms with Crippen LogP contribution in [0.2, 0.25) is 0 Å². The number of nitriles is 2. The van der Waals surface area contributed by atoms with Crippen molar-refractivity contribution in [2.45, 2.75) is 29.5 Å². The van der Waals surface area contributed by atoms with Crippen LogP contribution in [0.4, 0.5) is 9.52 Å². The zero-order chi connectivity index (χ0) is 22.1. The van der Waals surface area contributed by atoms with Crippen LogP contribution in [0.1, 0.15) is 30.7 Å². The number of rotatable bonds is 4. The molecule has 7 nitrogen and oxygen atoms in total. The first-order valence-corrected chi connectivity index (χ1v) is 11.8.